The summed E-state index contributed by atoms with van der Waals surface area (Å²) < 4.78 is 19.2. The second kappa shape index (κ2) is 9.71. The van der Waals surface area contributed by atoms with Crippen molar-refractivity contribution in [2.24, 2.45) is 5.92 Å². The first-order chi connectivity index (χ1) is 16.5. The number of halogens is 2. The Kier molecular flexibility index (Phi) is 6.50. The van der Waals surface area contributed by atoms with Gasteiger partial charge in [-0.1, -0.05) is 0 Å². The fraction of sp³-hybridized carbons (Fsp3) is 0.370. The number of aromatic nitrogens is 3. The van der Waals surface area contributed by atoms with E-state index in [1.807, 2.05) is 24.4 Å². The third-order valence-corrected chi connectivity index (χ3v) is 7.14. The summed E-state index contributed by atoms with van der Waals surface area (Å²) in [5, 5.41) is 5.65. The molecule has 1 fully saturated rings. The predicted octanol–water partition coefficient (Wildman–Crippen LogP) is 7.14. The summed E-state index contributed by atoms with van der Waals surface area (Å²) in [7, 11) is 1.63. The van der Waals surface area contributed by atoms with Crippen LogP contribution in [0.5, 0.6) is 5.75 Å². The summed E-state index contributed by atoms with van der Waals surface area (Å²) in [5.41, 5.74) is 2.86. The van der Waals surface area contributed by atoms with Crippen LogP contribution in [0.4, 0.5) is 10.2 Å². The lowest BCUT2D eigenvalue weighted by atomic mass is 9.76. The van der Waals surface area contributed by atoms with Crippen molar-refractivity contribution in [1.29, 1.82) is 0 Å². The molecule has 0 amide bonds. The zero-order valence-corrected chi connectivity index (χ0v) is 20.1. The highest BCUT2D eigenvalue weighted by atomic mass is 35.5. The first-order valence-corrected chi connectivity index (χ1v) is 12.2. The highest BCUT2D eigenvalue weighted by Crippen LogP contribution is 2.40. The first-order valence-electron chi connectivity index (χ1n) is 11.8. The monoisotopic (exact) mass is 478 g/mol. The fourth-order valence-electron chi connectivity index (χ4n) is 5.32. The second-order valence-electron chi connectivity index (χ2n) is 9.28. The molecule has 0 unspecified atom stereocenters. The average molecular weight is 479 g/mol. The standard InChI is InChI=1S/C27H28ClFN4O/c1-16(31-26-22-9-8-20(34-2)15-25(22)32-27(28)33-26)13-17-3-5-18(6-4-17)21-11-12-30-24-10-7-19(29)14-23(21)24/h7-12,14-18H,3-6,13H2,1-2H3,(H,31,32,33)/t16-,17-,18-/m1/s1. The van der Waals surface area contributed by atoms with Gasteiger partial charge in [0.2, 0.25) is 5.28 Å². The quantitative estimate of drug-likeness (QED) is 0.298. The van der Waals surface area contributed by atoms with Crippen molar-refractivity contribution in [3.63, 3.8) is 0 Å². The molecule has 5 rings (SSSR count). The van der Waals surface area contributed by atoms with Gasteiger partial charge < -0.3 is 10.1 Å². The first kappa shape index (κ1) is 22.8. The van der Waals surface area contributed by atoms with Gasteiger partial charge >= 0.3 is 0 Å². The van der Waals surface area contributed by atoms with Gasteiger partial charge in [-0.25, -0.2) is 14.4 Å². The molecular formula is C27H28ClFN4O. The Morgan fingerprint density at radius 3 is 2.65 bits per heavy atom. The van der Waals surface area contributed by atoms with Gasteiger partial charge in [0.15, 0.2) is 0 Å². The van der Waals surface area contributed by atoms with Crippen LogP contribution in [0, 0.1) is 11.7 Å². The maximum Gasteiger partial charge on any atom is 0.224 e. The molecule has 176 valence electrons. The van der Waals surface area contributed by atoms with Crippen molar-refractivity contribution in [2.45, 2.75) is 51.0 Å². The maximum absolute atomic E-state index is 13.9. The molecule has 1 saturated carbocycles. The van der Waals surface area contributed by atoms with Crippen LogP contribution in [0.15, 0.2) is 48.7 Å². The normalized spacial score (nSPS) is 19.3. The molecule has 1 aliphatic carbocycles. The molecule has 2 aromatic carbocycles. The van der Waals surface area contributed by atoms with Gasteiger partial charge in [-0.05, 0) is 104 Å². The minimum absolute atomic E-state index is 0.203. The lowest BCUT2D eigenvalue weighted by Gasteiger charge is -2.31. The van der Waals surface area contributed by atoms with E-state index < -0.39 is 0 Å². The third kappa shape index (κ3) is 4.78. The molecule has 4 aromatic rings. The zero-order chi connectivity index (χ0) is 23.7. The molecular weight excluding hydrogens is 451 g/mol. The topological polar surface area (TPSA) is 59.9 Å². The van der Waals surface area contributed by atoms with Crippen molar-refractivity contribution >= 4 is 39.2 Å². The van der Waals surface area contributed by atoms with Gasteiger partial charge in [0, 0.05) is 29.1 Å². The summed E-state index contributed by atoms with van der Waals surface area (Å²) >= 11 is 6.19. The largest absolute Gasteiger partial charge is 0.497 e. The van der Waals surface area contributed by atoms with Gasteiger partial charge in [-0.3, -0.25) is 4.98 Å². The zero-order valence-electron chi connectivity index (χ0n) is 19.4. The maximum atomic E-state index is 13.9. The second-order valence-corrected chi connectivity index (χ2v) is 9.62. The fourth-order valence-corrected chi connectivity index (χ4v) is 5.49. The van der Waals surface area contributed by atoms with Gasteiger partial charge in [0.25, 0.3) is 0 Å². The molecule has 0 radical (unpaired) electrons. The highest BCUT2D eigenvalue weighted by Gasteiger charge is 2.25. The molecule has 2 aromatic heterocycles. The van der Waals surface area contributed by atoms with Crippen molar-refractivity contribution in [2.75, 3.05) is 12.4 Å². The van der Waals surface area contributed by atoms with Crippen molar-refractivity contribution in [3.8, 4) is 5.75 Å². The smallest absolute Gasteiger partial charge is 0.224 e. The predicted molar refractivity (Wildman–Crippen MR) is 135 cm³/mol. The van der Waals surface area contributed by atoms with Crippen LogP contribution >= 0.6 is 11.6 Å². The number of nitrogens with zero attached hydrogens (tertiary/aromatic N) is 3. The van der Waals surface area contributed by atoms with Crippen LogP contribution in [0.2, 0.25) is 5.28 Å². The van der Waals surface area contributed by atoms with E-state index in [9.17, 15) is 4.39 Å². The molecule has 0 saturated heterocycles. The average Bonchev–Trinajstić information content (AvgIpc) is 2.83. The van der Waals surface area contributed by atoms with Crippen LogP contribution in [-0.2, 0) is 0 Å². The minimum Gasteiger partial charge on any atom is -0.497 e. The van der Waals surface area contributed by atoms with E-state index in [1.54, 1.807) is 19.2 Å². The van der Waals surface area contributed by atoms with Gasteiger partial charge in [0.1, 0.15) is 17.4 Å². The molecule has 0 aliphatic heterocycles. The Hall–Kier alpha value is -2.99. The Bertz CT molecular complexity index is 1320. The molecule has 0 spiro atoms. The summed E-state index contributed by atoms with van der Waals surface area (Å²) in [6.07, 6.45) is 7.42. The molecule has 1 atom stereocenters. The Morgan fingerprint density at radius 2 is 1.85 bits per heavy atom. The van der Waals surface area contributed by atoms with Crippen LogP contribution in [0.1, 0.15) is 50.5 Å². The van der Waals surface area contributed by atoms with Crippen LogP contribution in [0.25, 0.3) is 21.8 Å². The number of hydrogen-bond donors (Lipinski definition) is 1. The van der Waals surface area contributed by atoms with E-state index in [-0.39, 0.29) is 17.1 Å². The van der Waals surface area contributed by atoms with Gasteiger partial charge in [-0.2, -0.15) is 0 Å². The lowest BCUT2D eigenvalue weighted by molar-refractivity contribution is 0.302. The van der Waals surface area contributed by atoms with Crippen LogP contribution in [0.3, 0.4) is 0 Å². The van der Waals surface area contributed by atoms with Crippen LogP contribution < -0.4 is 10.1 Å². The summed E-state index contributed by atoms with van der Waals surface area (Å²) in [5.74, 6) is 2.37. The van der Waals surface area contributed by atoms with E-state index in [2.05, 4.69) is 33.3 Å². The molecule has 1 N–H and O–H groups in total. The SMILES string of the molecule is COc1ccc2c(N[C@H](C)C[C@H]3CC[C@H](c4ccnc5ccc(F)cc54)CC3)nc(Cl)nc2c1. The number of methoxy groups -OCH3 is 1. The van der Waals surface area contributed by atoms with Gasteiger partial charge in [-0.15, -0.1) is 0 Å². The highest BCUT2D eigenvalue weighted by molar-refractivity contribution is 6.28. The molecule has 7 heteroatoms. The van der Waals surface area contributed by atoms with E-state index in [0.29, 0.717) is 11.8 Å². The van der Waals surface area contributed by atoms with E-state index in [4.69, 9.17) is 16.3 Å². The summed E-state index contributed by atoms with van der Waals surface area (Å²) in [6, 6.07) is 12.9. The molecule has 0 bridgehead atoms. The number of ether oxygens (including phenoxy) is 1. The van der Waals surface area contributed by atoms with Crippen LogP contribution in [-0.4, -0.2) is 28.1 Å². The number of anilines is 1. The van der Waals surface area contributed by atoms with Crippen molar-refractivity contribution in [3.05, 3.63) is 65.3 Å². The molecule has 1 aliphatic rings. The van der Waals surface area contributed by atoms with Gasteiger partial charge in [0.05, 0.1) is 18.1 Å². The number of fused-ring (bicyclic) bond motifs is 2. The number of benzene rings is 2. The summed E-state index contributed by atoms with van der Waals surface area (Å²) in [6.45, 7) is 2.19. The van der Waals surface area contributed by atoms with E-state index in [0.717, 1.165) is 65.5 Å². The van der Waals surface area contributed by atoms with Crippen molar-refractivity contribution < 1.29 is 9.13 Å². The molecule has 5 nitrogen and oxygen atoms in total. The Morgan fingerprint density at radius 1 is 1.03 bits per heavy atom. The van der Waals surface area contributed by atoms with E-state index >= 15 is 0 Å². The lowest BCUT2D eigenvalue weighted by Crippen LogP contribution is -2.23. The number of hydrogen-bond acceptors (Lipinski definition) is 5. The van der Waals surface area contributed by atoms with Crippen molar-refractivity contribution in [1.82, 2.24) is 15.0 Å². The molecule has 34 heavy (non-hydrogen) atoms. The summed E-state index contributed by atoms with van der Waals surface area (Å²) in [4.78, 5) is 13.2. The minimum atomic E-state index is -0.203. The Labute approximate surface area is 203 Å². The van der Waals surface area contributed by atoms with E-state index in [1.165, 1.54) is 11.6 Å². The molecule has 2 heterocycles. The Balaban J connectivity index is 1.24. The number of nitrogens with one attached hydrogen (secondary N) is 1. The number of rotatable bonds is 6. The third-order valence-electron chi connectivity index (χ3n) is 6.97. The number of pyridine rings is 1.